The molecule has 0 atom stereocenters. The summed E-state index contributed by atoms with van der Waals surface area (Å²) in [5.41, 5.74) is 1.22. The van der Waals surface area contributed by atoms with Crippen molar-refractivity contribution in [2.75, 3.05) is 5.32 Å². The van der Waals surface area contributed by atoms with E-state index in [0.29, 0.717) is 16.5 Å². The van der Waals surface area contributed by atoms with Gasteiger partial charge >= 0.3 is 0 Å². The molecular formula is C18H22N6OS. The van der Waals surface area contributed by atoms with Crippen molar-refractivity contribution in [3.8, 4) is 5.82 Å². The van der Waals surface area contributed by atoms with Crippen molar-refractivity contribution in [2.45, 2.75) is 46.0 Å². The zero-order chi connectivity index (χ0) is 18.9. The minimum absolute atomic E-state index is 0.0970. The van der Waals surface area contributed by atoms with Gasteiger partial charge in [0, 0.05) is 11.6 Å². The fourth-order valence-corrected chi connectivity index (χ4v) is 3.29. The van der Waals surface area contributed by atoms with E-state index in [1.807, 2.05) is 32.0 Å². The van der Waals surface area contributed by atoms with Crippen molar-refractivity contribution in [2.24, 2.45) is 0 Å². The molecule has 0 aromatic carbocycles. The minimum Gasteiger partial charge on any atom is -0.296 e. The van der Waals surface area contributed by atoms with Crippen LogP contribution in [0.5, 0.6) is 0 Å². The van der Waals surface area contributed by atoms with Gasteiger partial charge in [-0.05, 0) is 18.1 Å². The standard InChI is InChI=1S/C18H22N6OS/c1-11(2)14-12(10-20-24(14)13-8-6-7-9-19-13)15(25)21-17-23-22-16(26-17)18(3,4)5/h6-11H,1-5H3,(H,21,23,25). The van der Waals surface area contributed by atoms with E-state index in [4.69, 9.17) is 0 Å². The topological polar surface area (TPSA) is 85.6 Å². The van der Waals surface area contributed by atoms with Crippen LogP contribution in [0.4, 0.5) is 5.13 Å². The second-order valence-corrected chi connectivity index (χ2v) is 8.29. The highest BCUT2D eigenvalue weighted by Gasteiger charge is 2.24. The molecule has 0 spiro atoms. The number of amides is 1. The number of nitrogens with zero attached hydrogens (tertiary/aromatic N) is 5. The van der Waals surface area contributed by atoms with Crippen LogP contribution in [0.2, 0.25) is 0 Å². The van der Waals surface area contributed by atoms with Gasteiger partial charge in [-0.1, -0.05) is 52.0 Å². The van der Waals surface area contributed by atoms with E-state index in [1.54, 1.807) is 17.1 Å². The Bertz CT molecular complexity index is 907. The number of carbonyl (C=O) groups is 1. The lowest BCUT2D eigenvalue weighted by Crippen LogP contribution is -2.15. The van der Waals surface area contributed by atoms with E-state index < -0.39 is 0 Å². The molecule has 3 aromatic heterocycles. The lowest BCUT2D eigenvalue weighted by atomic mass is 9.98. The number of carbonyl (C=O) groups excluding carboxylic acids is 1. The number of aromatic nitrogens is 5. The van der Waals surface area contributed by atoms with Crippen molar-refractivity contribution in [1.29, 1.82) is 0 Å². The molecule has 1 N–H and O–H groups in total. The van der Waals surface area contributed by atoms with Crippen LogP contribution in [-0.4, -0.2) is 30.9 Å². The Balaban J connectivity index is 1.90. The zero-order valence-corrected chi connectivity index (χ0v) is 16.3. The van der Waals surface area contributed by atoms with Crippen molar-refractivity contribution in [3.05, 3.63) is 46.9 Å². The zero-order valence-electron chi connectivity index (χ0n) is 15.5. The molecule has 0 aliphatic heterocycles. The lowest BCUT2D eigenvalue weighted by molar-refractivity contribution is 0.102. The smallest absolute Gasteiger partial charge is 0.260 e. The van der Waals surface area contributed by atoms with Gasteiger partial charge in [-0.2, -0.15) is 5.10 Å². The third-order valence-corrected chi connectivity index (χ3v) is 5.02. The second kappa shape index (κ2) is 6.95. The Kier molecular flexibility index (Phi) is 4.86. The van der Waals surface area contributed by atoms with E-state index >= 15 is 0 Å². The van der Waals surface area contributed by atoms with Crippen LogP contribution in [0.25, 0.3) is 5.82 Å². The van der Waals surface area contributed by atoms with Gasteiger partial charge in [0.25, 0.3) is 5.91 Å². The molecule has 0 radical (unpaired) electrons. The average molecular weight is 370 g/mol. The van der Waals surface area contributed by atoms with E-state index in [1.165, 1.54) is 11.3 Å². The van der Waals surface area contributed by atoms with Crippen LogP contribution in [0.3, 0.4) is 0 Å². The molecule has 0 bridgehead atoms. The van der Waals surface area contributed by atoms with Crippen LogP contribution >= 0.6 is 11.3 Å². The van der Waals surface area contributed by atoms with Gasteiger partial charge < -0.3 is 0 Å². The molecule has 3 heterocycles. The summed E-state index contributed by atoms with van der Waals surface area (Å²) in [7, 11) is 0. The van der Waals surface area contributed by atoms with Gasteiger partial charge in [0.1, 0.15) is 5.01 Å². The van der Waals surface area contributed by atoms with Gasteiger partial charge in [0.05, 0.1) is 17.5 Å². The fourth-order valence-electron chi connectivity index (χ4n) is 2.49. The summed E-state index contributed by atoms with van der Waals surface area (Å²) in [6.45, 7) is 10.2. The van der Waals surface area contributed by atoms with Gasteiger partial charge in [-0.25, -0.2) is 9.67 Å². The maximum Gasteiger partial charge on any atom is 0.260 e. The summed E-state index contributed by atoms with van der Waals surface area (Å²) in [6, 6.07) is 5.60. The summed E-state index contributed by atoms with van der Waals surface area (Å²) in [6.07, 6.45) is 3.28. The number of hydrogen-bond acceptors (Lipinski definition) is 6. The molecule has 0 saturated heterocycles. The van der Waals surface area contributed by atoms with E-state index in [2.05, 4.69) is 46.4 Å². The Morgan fingerprint density at radius 2 is 2.00 bits per heavy atom. The summed E-state index contributed by atoms with van der Waals surface area (Å²) in [5.74, 6) is 0.536. The SMILES string of the molecule is CC(C)c1c(C(=O)Nc2nnc(C(C)(C)C)s2)cnn1-c1ccccn1. The van der Waals surface area contributed by atoms with Gasteiger partial charge in [0.15, 0.2) is 5.82 Å². The van der Waals surface area contributed by atoms with Crippen LogP contribution in [0, 0.1) is 0 Å². The molecule has 0 saturated carbocycles. The first kappa shape index (κ1) is 18.2. The van der Waals surface area contributed by atoms with Crippen molar-refractivity contribution in [1.82, 2.24) is 25.0 Å². The molecule has 136 valence electrons. The molecule has 1 amide bonds. The lowest BCUT2D eigenvalue weighted by Gasteiger charge is -2.12. The largest absolute Gasteiger partial charge is 0.296 e. The average Bonchev–Trinajstić information content (AvgIpc) is 3.22. The number of pyridine rings is 1. The summed E-state index contributed by atoms with van der Waals surface area (Å²) in [5, 5.41) is 16.8. The third kappa shape index (κ3) is 3.65. The van der Waals surface area contributed by atoms with E-state index in [9.17, 15) is 4.79 Å². The minimum atomic E-state index is -0.243. The Morgan fingerprint density at radius 3 is 2.58 bits per heavy atom. The van der Waals surface area contributed by atoms with Crippen LogP contribution < -0.4 is 5.32 Å². The highest BCUT2D eigenvalue weighted by Crippen LogP contribution is 2.29. The Morgan fingerprint density at radius 1 is 1.23 bits per heavy atom. The quantitative estimate of drug-likeness (QED) is 0.755. The predicted molar refractivity (Wildman–Crippen MR) is 102 cm³/mol. The van der Waals surface area contributed by atoms with Crippen molar-refractivity contribution >= 4 is 22.4 Å². The monoisotopic (exact) mass is 370 g/mol. The van der Waals surface area contributed by atoms with Crippen LogP contribution in [0.15, 0.2) is 30.6 Å². The molecule has 26 heavy (non-hydrogen) atoms. The first-order chi connectivity index (χ1) is 12.3. The summed E-state index contributed by atoms with van der Waals surface area (Å²) < 4.78 is 1.71. The maximum absolute atomic E-state index is 12.8. The first-order valence-corrected chi connectivity index (χ1v) is 9.23. The second-order valence-electron chi connectivity index (χ2n) is 7.31. The van der Waals surface area contributed by atoms with Crippen molar-refractivity contribution < 1.29 is 4.79 Å². The van der Waals surface area contributed by atoms with E-state index in [0.717, 1.165) is 10.7 Å². The highest BCUT2D eigenvalue weighted by atomic mass is 32.1. The van der Waals surface area contributed by atoms with Gasteiger partial charge in [-0.3, -0.25) is 10.1 Å². The molecule has 0 aliphatic rings. The van der Waals surface area contributed by atoms with Crippen molar-refractivity contribution in [3.63, 3.8) is 0 Å². The number of hydrogen-bond donors (Lipinski definition) is 1. The maximum atomic E-state index is 12.8. The summed E-state index contributed by atoms with van der Waals surface area (Å²) >= 11 is 1.39. The van der Waals surface area contributed by atoms with Crippen LogP contribution in [0.1, 0.15) is 61.6 Å². The number of anilines is 1. The molecule has 0 aliphatic carbocycles. The first-order valence-electron chi connectivity index (χ1n) is 8.42. The number of nitrogens with one attached hydrogen (secondary N) is 1. The molecule has 3 rings (SSSR count). The van der Waals surface area contributed by atoms with Gasteiger partial charge in [-0.15, -0.1) is 10.2 Å². The Labute approximate surface area is 156 Å². The molecule has 8 heteroatoms. The summed E-state index contributed by atoms with van der Waals surface area (Å²) in [4.78, 5) is 17.1. The third-order valence-electron chi connectivity index (χ3n) is 3.75. The fraction of sp³-hybridized carbons (Fsp3) is 0.389. The predicted octanol–water partition coefficient (Wildman–Crippen LogP) is 3.79. The number of rotatable bonds is 4. The van der Waals surface area contributed by atoms with E-state index in [-0.39, 0.29) is 17.2 Å². The molecule has 0 fully saturated rings. The molecular weight excluding hydrogens is 348 g/mol. The normalized spacial score (nSPS) is 11.8. The Hall–Kier alpha value is -2.61. The van der Waals surface area contributed by atoms with Gasteiger partial charge in [0.2, 0.25) is 5.13 Å². The molecule has 7 nitrogen and oxygen atoms in total. The molecule has 3 aromatic rings. The molecule has 0 unspecified atom stereocenters. The van der Waals surface area contributed by atoms with Crippen LogP contribution in [-0.2, 0) is 5.41 Å². The highest BCUT2D eigenvalue weighted by molar-refractivity contribution is 7.15.